The molecule has 0 radical (unpaired) electrons. The van der Waals surface area contributed by atoms with Crippen LogP contribution >= 0.6 is 0 Å². The standard InChI is InChI=1S/C24H27NO4/c1-5-25(16-18(2)3)23(26)17-29-24(27)21(19-11-7-6-8-12-19)15-20-13-9-10-14-22(20)28-4/h6-15H,2,5,16-17H2,1,3-4H3/b21-15+. The van der Waals surface area contributed by atoms with Crippen LogP contribution in [0.2, 0.25) is 0 Å². The Hall–Kier alpha value is -3.34. The van der Waals surface area contributed by atoms with E-state index in [1.807, 2.05) is 68.4 Å². The first-order valence-electron chi connectivity index (χ1n) is 9.45. The van der Waals surface area contributed by atoms with Crippen LogP contribution in [-0.4, -0.2) is 43.6 Å². The summed E-state index contributed by atoms with van der Waals surface area (Å²) < 4.78 is 10.7. The van der Waals surface area contributed by atoms with Crippen LogP contribution in [0.3, 0.4) is 0 Å². The smallest absolute Gasteiger partial charge is 0.339 e. The normalized spacial score (nSPS) is 10.9. The summed E-state index contributed by atoms with van der Waals surface area (Å²) in [5.41, 5.74) is 2.66. The predicted octanol–water partition coefficient (Wildman–Crippen LogP) is 4.20. The van der Waals surface area contributed by atoms with E-state index in [4.69, 9.17) is 9.47 Å². The van der Waals surface area contributed by atoms with Crippen LogP contribution < -0.4 is 4.74 Å². The van der Waals surface area contributed by atoms with E-state index in [1.54, 1.807) is 18.1 Å². The Balaban J connectivity index is 2.26. The average Bonchev–Trinajstić information content (AvgIpc) is 2.74. The minimum absolute atomic E-state index is 0.256. The van der Waals surface area contributed by atoms with E-state index in [2.05, 4.69) is 6.58 Å². The van der Waals surface area contributed by atoms with Crippen molar-refractivity contribution in [2.24, 2.45) is 0 Å². The zero-order valence-corrected chi connectivity index (χ0v) is 17.2. The Labute approximate surface area is 172 Å². The molecule has 29 heavy (non-hydrogen) atoms. The maximum Gasteiger partial charge on any atom is 0.339 e. The molecule has 0 bridgehead atoms. The van der Waals surface area contributed by atoms with Crippen molar-refractivity contribution < 1.29 is 19.1 Å². The topological polar surface area (TPSA) is 55.8 Å². The molecule has 0 aliphatic carbocycles. The molecule has 5 nitrogen and oxygen atoms in total. The molecule has 0 saturated carbocycles. The molecule has 0 saturated heterocycles. The number of benzene rings is 2. The Kier molecular flexibility index (Phi) is 8.22. The lowest BCUT2D eigenvalue weighted by Gasteiger charge is -2.21. The lowest BCUT2D eigenvalue weighted by atomic mass is 10.0. The first-order chi connectivity index (χ1) is 14.0. The van der Waals surface area contributed by atoms with Crippen molar-refractivity contribution in [1.29, 1.82) is 0 Å². The Morgan fingerprint density at radius 1 is 1.07 bits per heavy atom. The van der Waals surface area contributed by atoms with Crippen LogP contribution in [0.25, 0.3) is 11.6 Å². The number of methoxy groups -OCH3 is 1. The summed E-state index contributed by atoms with van der Waals surface area (Å²) in [7, 11) is 1.58. The number of amides is 1. The molecule has 0 heterocycles. The number of carbonyl (C=O) groups excluding carboxylic acids is 2. The van der Waals surface area contributed by atoms with Crippen LogP contribution in [-0.2, 0) is 14.3 Å². The van der Waals surface area contributed by atoms with E-state index in [0.29, 0.717) is 30.0 Å². The van der Waals surface area contributed by atoms with E-state index in [-0.39, 0.29) is 12.5 Å². The van der Waals surface area contributed by atoms with Crippen molar-refractivity contribution in [2.45, 2.75) is 13.8 Å². The molecule has 152 valence electrons. The molecular weight excluding hydrogens is 366 g/mol. The molecule has 0 atom stereocenters. The summed E-state index contributed by atoms with van der Waals surface area (Å²) in [6, 6.07) is 16.6. The molecule has 2 aromatic rings. The molecule has 0 aromatic heterocycles. The number of hydrogen-bond donors (Lipinski definition) is 0. The van der Waals surface area contributed by atoms with Gasteiger partial charge in [-0.2, -0.15) is 0 Å². The van der Waals surface area contributed by atoms with E-state index in [9.17, 15) is 9.59 Å². The fraction of sp³-hybridized carbons (Fsp3) is 0.250. The van der Waals surface area contributed by atoms with Crippen molar-refractivity contribution in [3.63, 3.8) is 0 Å². The lowest BCUT2D eigenvalue weighted by Crippen LogP contribution is -2.35. The van der Waals surface area contributed by atoms with Gasteiger partial charge in [-0.15, -0.1) is 0 Å². The molecule has 0 spiro atoms. The van der Waals surface area contributed by atoms with Gasteiger partial charge in [-0.3, -0.25) is 4.79 Å². The number of likely N-dealkylation sites (N-methyl/N-ethyl adjacent to an activating group) is 1. The number of hydrogen-bond acceptors (Lipinski definition) is 4. The molecule has 0 aliphatic rings. The van der Waals surface area contributed by atoms with Gasteiger partial charge < -0.3 is 14.4 Å². The van der Waals surface area contributed by atoms with Gasteiger partial charge in [-0.1, -0.05) is 60.7 Å². The average molecular weight is 393 g/mol. The zero-order chi connectivity index (χ0) is 21.2. The summed E-state index contributed by atoms with van der Waals surface area (Å²) in [5, 5.41) is 0. The molecular formula is C24H27NO4. The summed E-state index contributed by atoms with van der Waals surface area (Å²) in [6.07, 6.45) is 1.71. The van der Waals surface area contributed by atoms with Crippen molar-refractivity contribution in [1.82, 2.24) is 4.90 Å². The Bertz CT molecular complexity index is 887. The number of ether oxygens (including phenoxy) is 2. The fourth-order valence-corrected chi connectivity index (χ4v) is 2.82. The SMILES string of the molecule is C=C(C)CN(CC)C(=O)COC(=O)/C(=C/c1ccccc1OC)c1ccccc1. The molecule has 1 amide bonds. The van der Waals surface area contributed by atoms with Crippen molar-refractivity contribution in [3.8, 4) is 5.75 Å². The van der Waals surface area contributed by atoms with E-state index in [1.165, 1.54) is 0 Å². The second-order valence-corrected chi connectivity index (χ2v) is 6.61. The molecule has 0 aliphatic heterocycles. The quantitative estimate of drug-likeness (QED) is 0.277. The van der Waals surface area contributed by atoms with Gasteiger partial charge in [0.2, 0.25) is 0 Å². The van der Waals surface area contributed by atoms with Crippen molar-refractivity contribution >= 4 is 23.5 Å². The van der Waals surface area contributed by atoms with Crippen molar-refractivity contribution in [3.05, 3.63) is 77.9 Å². The zero-order valence-electron chi connectivity index (χ0n) is 17.2. The highest BCUT2D eigenvalue weighted by Crippen LogP contribution is 2.25. The van der Waals surface area contributed by atoms with Crippen molar-refractivity contribution in [2.75, 3.05) is 26.8 Å². The monoisotopic (exact) mass is 393 g/mol. The molecule has 0 unspecified atom stereocenters. The van der Waals surface area contributed by atoms with Crippen LogP contribution in [0.5, 0.6) is 5.75 Å². The number of esters is 1. The second-order valence-electron chi connectivity index (χ2n) is 6.61. The Morgan fingerprint density at radius 3 is 2.34 bits per heavy atom. The highest BCUT2D eigenvalue weighted by atomic mass is 16.5. The summed E-state index contributed by atoms with van der Waals surface area (Å²) >= 11 is 0. The Morgan fingerprint density at radius 2 is 1.72 bits per heavy atom. The number of para-hydroxylation sites is 1. The minimum Gasteiger partial charge on any atom is -0.496 e. The lowest BCUT2D eigenvalue weighted by molar-refractivity contribution is -0.147. The van der Waals surface area contributed by atoms with Crippen LogP contribution in [0.1, 0.15) is 25.0 Å². The molecule has 2 aromatic carbocycles. The highest BCUT2D eigenvalue weighted by molar-refractivity contribution is 6.22. The fourth-order valence-electron chi connectivity index (χ4n) is 2.82. The van der Waals surface area contributed by atoms with Crippen LogP contribution in [0.15, 0.2) is 66.7 Å². The molecule has 2 rings (SSSR count). The molecule has 5 heteroatoms. The largest absolute Gasteiger partial charge is 0.496 e. The van der Waals surface area contributed by atoms with Gasteiger partial charge in [0, 0.05) is 18.7 Å². The first-order valence-corrected chi connectivity index (χ1v) is 9.45. The molecule has 0 N–H and O–H groups in total. The van der Waals surface area contributed by atoms with E-state index >= 15 is 0 Å². The maximum atomic E-state index is 12.9. The number of nitrogens with zero attached hydrogens (tertiary/aromatic N) is 1. The second kappa shape index (κ2) is 10.9. The summed E-state index contributed by atoms with van der Waals surface area (Å²) in [4.78, 5) is 26.9. The summed E-state index contributed by atoms with van der Waals surface area (Å²) in [5.74, 6) is -0.182. The van der Waals surface area contributed by atoms with Gasteiger partial charge in [0.15, 0.2) is 6.61 Å². The maximum absolute atomic E-state index is 12.9. The van der Waals surface area contributed by atoms with E-state index < -0.39 is 5.97 Å². The highest BCUT2D eigenvalue weighted by Gasteiger charge is 2.18. The summed E-state index contributed by atoms with van der Waals surface area (Å²) in [6.45, 7) is 8.19. The van der Waals surface area contributed by atoms with Gasteiger partial charge in [0.05, 0.1) is 12.7 Å². The van der Waals surface area contributed by atoms with Crippen LogP contribution in [0, 0.1) is 0 Å². The third kappa shape index (κ3) is 6.35. The minimum atomic E-state index is -0.568. The van der Waals surface area contributed by atoms with E-state index in [0.717, 1.165) is 11.1 Å². The predicted molar refractivity (Wildman–Crippen MR) is 115 cm³/mol. The first kappa shape index (κ1) is 22.0. The van der Waals surface area contributed by atoms with Gasteiger partial charge in [0.1, 0.15) is 5.75 Å². The number of carbonyl (C=O) groups is 2. The number of rotatable bonds is 9. The van der Waals surface area contributed by atoms with Crippen LogP contribution in [0.4, 0.5) is 0 Å². The molecule has 0 fully saturated rings. The third-order valence-corrected chi connectivity index (χ3v) is 4.27. The van der Waals surface area contributed by atoms with Gasteiger partial charge in [-0.05, 0) is 31.6 Å². The van der Waals surface area contributed by atoms with Gasteiger partial charge in [0.25, 0.3) is 5.91 Å². The third-order valence-electron chi connectivity index (χ3n) is 4.27. The van der Waals surface area contributed by atoms with Gasteiger partial charge >= 0.3 is 5.97 Å². The van der Waals surface area contributed by atoms with Gasteiger partial charge in [-0.25, -0.2) is 4.79 Å².